The summed E-state index contributed by atoms with van der Waals surface area (Å²) < 4.78 is 0. The number of amides is 3. The molecule has 0 heterocycles. The maximum atomic E-state index is 12.6. The van der Waals surface area contributed by atoms with Gasteiger partial charge in [-0.3, -0.25) is 19.6 Å². The first-order valence-corrected chi connectivity index (χ1v) is 7.84. The van der Waals surface area contributed by atoms with Crippen LogP contribution in [0.1, 0.15) is 47.5 Å². The van der Waals surface area contributed by atoms with E-state index in [9.17, 15) is 14.4 Å². The van der Waals surface area contributed by atoms with E-state index in [2.05, 4.69) is 5.32 Å². The van der Waals surface area contributed by atoms with Gasteiger partial charge in [-0.05, 0) is 17.8 Å². The average molecular weight is 329 g/mol. The molecule has 2 atom stereocenters. The Morgan fingerprint density at radius 1 is 1.13 bits per heavy atom. The second-order valence-corrected chi connectivity index (χ2v) is 7.61. The van der Waals surface area contributed by atoms with Gasteiger partial charge in [0, 0.05) is 26.4 Å². The number of hydrogen-bond acceptors (Lipinski definition) is 4. The number of likely N-dealkylation sites (N-methyl/N-ethyl adjacent to an activating group) is 1. The lowest BCUT2D eigenvalue weighted by atomic mass is 9.84. The topological polar surface area (TPSA) is 98.7 Å². The highest BCUT2D eigenvalue weighted by atomic mass is 16.5. The lowest BCUT2D eigenvalue weighted by molar-refractivity contribution is -0.140. The summed E-state index contributed by atoms with van der Waals surface area (Å²) in [5, 5.41) is 11.5. The maximum absolute atomic E-state index is 12.6. The molecule has 0 aromatic rings. The van der Waals surface area contributed by atoms with E-state index in [0.29, 0.717) is 6.42 Å². The van der Waals surface area contributed by atoms with Crippen molar-refractivity contribution in [3.63, 3.8) is 0 Å². The Bertz CT molecular complexity index is 428. The molecular formula is C16H31N3O4. The molecule has 0 spiro atoms. The van der Waals surface area contributed by atoms with E-state index in [1.54, 1.807) is 19.6 Å². The summed E-state index contributed by atoms with van der Waals surface area (Å²) in [7, 11) is 3.27. The van der Waals surface area contributed by atoms with Gasteiger partial charge in [0.25, 0.3) is 0 Å². The summed E-state index contributed by atoms with van der Waals surface area (Å²) >= 11 is 0. The van der Waals surface area contributed by atoms with E-state index >= 15 is 0 Å². The van der Waals surface area contributed by atoms with Gasteiger partial charge in [-0.15, -0.1) is 0 Å². The van der Waals surface area contributed by atoms with Crippen molar-refractivity contribution >= 4 is 17.7 Å². The molecule has 3 N–H and O–H groups in total. The summed E-state index contributed by atoms with van der Waals surface area (Å²) in [6.45, 7) is 9.51. The van der Waals surface area contributed by atoms with Gasteiger partial charge in [-0.1, -0.05) is 34.6 Å². The van der Waals surface area contributed by atoms with Crippen LogP contribution in [0.15, 0.2) is 0 Å². The van der Waals surface area contributed by atoms with Gasteiger partial charge >= 0.3 is 0 Å². The highest BCUT2D eigenvalue weighted by molar-refractivity contribution is 5.90. The van der Waals surface area contributed by atoms with Crippen LogP contribution in [0.25, 0.3) is 0 Å². The van der Waals surface area contributed by atoms with Crippen molar-refractivity contribution < 1.29 is 19.6 Å². The monoisotopic (exact) mass is 329 g/mol. The number of nitrogens with one attached hydrogen (secondary N) is 2. The summed E-state index contributed by atoms with van der Waals surface area (Å²) in [6.07, 6.45) is 0.375. The Balaban J connectivity index is 5.23. The minimum Gasteiger partial charge on any atom is -0.347 e. The molecule has 0 fully saturated rings. The third kappa shape index (κ3) is 7.45. The molecule has 0 rings (SSSR count). The van der Waals surface area contributed by atoms with Gasteiger partial charge in [-0.25, -0.2) is 5.48 Å². The smallest absolute Gasteiger partial charge is 0.245 e. The third-order valence-corrected chi connectivity index (χ3v) is 3.52. The van der Waals surface area contributed by atoms with E-state index in [4.69, 9.17) is 5.21 Å². The van der Waals surface area contributed by atoms with E-state index in [1.165, 1.54) is 4.90 Å². The van der Waals surface area contributed by atoms with Gasteiger partial charge < -0.3 is 10.2 Å². The molecular weight excluding hydrogens is 298 g/mol. The number of carbonyl (C=O) groups excluding carboxylic acids is 3. The zero-order chi connectivity index (χ0) is 18.4. The van der Waals surface area contributed by atoms with Crippen molar-refractivity contribution in [3.05, 3.63) is 0 Å². The molecule has 0 saturated heterocycles. The Hall–Kier alpha value is -1.63. The minimum absolute atomic E-state index is 0.118. The first kappa shape index (κ1) is 21.4. The Kier molecular flexibility index (Phi) is 8.23. The molecule has 7 heteroatoms. The number of nitrogens with zero attached hydrogens (tertiary/aromatic N) is 1. The predicted molar refractivity (Wildman–Crippen MR) is 87.6 cm³/mol. The number of rotatable bonds is 7. The third-order valence-electron chi connectivity index (χ3n) is 3.52. The van der Waals surface area contributed by atoms with Gasteiger partial charge in [0.05, 0.1) is 0 Å². The van der Waals surface area contributed by atoms with E-state index < -0.39 is 23.3 Å². The molecule has 0 bridgehead atoms. The molecule has 0 radical (unpaired) electrons. The maximum Gasteiger partial charge on any atom is 0.245 e. The van der Waals surface area contributed by atoms with Crippen LogP contribution >= 0.6 is 0 Å². The van der Waals surface area contributed by atoms with Crippen molar-refractivity contribution in [2.75, 3.05) is 14.1 Å². The van der Waals surface area contributed by atoms with Gasteiger partial charge in [0.15, 0.2) is 0 Å². The van der Waals surface area contributed by atoms with E-state index in [0.717, 1.165) is 0 Å². The fraction of sp³-hybridized carbons (Fsp3) is 0.812. The zero-order valence-electron chi connectivity index (χ0n) is 15.3. The molecule has 0 saturated carbocycles. The number of carbonyl (C=O) groups is 3. The van der Waals surface area contributed by atoms with Crippen molar-refractivity contribution in [1.82, 2.24) is 15.7 Å². The van der Waals surface area contributed by atoms with Crippen LogP contribution < -0.4 is 10.8 Å². The zero-order valence-corrected chi connectivity index (χ0v) is 15.3. The first-order chi connectivity index (χ1) is 10.4. The standard InChI is InChI=1S/C16H31N3O4/c1-10(2)8-11(9-12(20)18-23)14(21)17-13(16(3,4)5)15(22)19(6)7/h10-11,13,23H,8-9H2,1-7H3,(H,17,21)(H,18,20). The first-order valence-electron chi connectivity index (χ1n) is 7.84. The molecule has 23 heavy (non-hydrogen) atoms. The quantitative estimate of drug-likeness (QED) is 0.482. The van der Waals surface area contributed by atoms with Crippen LogP contribution in [-0.4, -0.2) is 48.0 Å². The molecule has 0 aromatic heterocycles. The van der Waals surface area contributed by atoms with Crippen LogP contribution in [0.2, 0.25) is 0 Å². The number of hydrogen-bond donors (Lipinski definition) is 3. The van der Waals surface area contributed by atoms with Gasteiger partial charge in [0.2, 0.25) is 17.7 Å². The minimum atomic E-state index is -0.683. The molecule has 2 unspecified atom stereocenters. The second kappa shape index (κ2) is 8.86. The molecule has 0 aliphatic heterocycles. The lowest BCUT2D eigenvalue weighted by Gasteiger charge is -2.33. The largest absolute Gasteiger partial charge is 0.347 e. The van der Waals surface area contributed by atoms with Crippen molar-refractivity contribution in [1.29, 1.82) is 0 Å². The van der Waals surface area contributed by atoms with Crippen molar-refractivity contribution in [2.24, 2.45) is 17.3 Å². The van der Waals surface area contributed by atoms with E-state index in [-0.39, 0.29) is 24.2 Å². The number of hydroxylamine groups is 1. The van der Waals surface area contributed by atoms with Crippen LogP contribution in [0.4, 0.5) is 0 Å². The molecule has 7 nitrogen and oxygen atoms in total. The summed E-state index contributed by atoms with van der Waals surface area (Å²) in [4.78, 5) is 37.8. The summed E-state index contributed by atoms with van der Waals surface area (Å²) in [6, 6.07) is -0.683. The van der Waals surface area contributed by atoms with Crippen LogP contribution in [0, 0.1) is 17.3 Å². The fourth-order valence-corrected chi connectivity index (χ4v) is 2.29. The molecule has 0 aliphatic rings. The second-order valence-electron chi connectivity index (χ2n) is 7.61. The Labute approximate surface area is 138 Å². The average Bonchev–Trinajstić information content (AvgIpc) is 2.40. The SMILES string of the molecule is CC(C)CC(CC(=O)NO)C(=O)NC(C(=O)N(C)C)C(C)(C)C. The van der Waals surface area contributed by atoms with Crippen LogP contribution in [-0.2, 0) is 14.4 Å². The molecule has 3 amide bonds. The molecule has 134 valence electrons. The van der Waals surface area contributed by atoms with Crippen LogP contribution in [0.5, 0.6) is 0 Å². The van der Waals surface area contributed by atoms with Crippen molar-refractivity contribution in [2.45, 2.75) is 53.5 Å². The molecule has 0 aliphatic carbocycles. The van der Waals surface area contributed by atoms with Gasteiger partial charge in [0.1, 0.15) is 6.04 Å². The van der Waals surface area contributed by atoms with Gasteiger partial charge in [-0.2, -0.15) is 0 Å². The summed E-state index contributed by atoms with van der Waals surface area (Å²) in [5.41, 5.74) is 1.09. The highest BCUT2D eigenvalue weighted by Crippen LogP contribution is 2.23. The fourth-order valence-electron chi connectivity index (χ4n) is 2.29. The summed E-state index contributed by atoms with van der Waals surface area (Å²) in [5.74, 6) is -1.55. The molecule has 0 aromatic carbocycles. The lowest BCUT2D eigenvalue weighted by Crippen LogP contribution is -2.54. The Morgan fingerprint density at radius 3 is 2.00 bits per heavy atom. The van der Waals surface area contributed by atoms with Crippen LogP contribution in [0.3, 0.4) is 0 Å². The normalized spacial score (nSPS) is 14.1. The van der Waals surface area contributed by atoms with E-state index in [1.807, 2.05) is 34.6 Å². The highest BCUT2D eigenvalue weighted by Gasteiger charge is 2.35. The van der Waals surface area contributed by atoms with Crippen molar-refractivity contribution in [3.8, 4) is 0 Å². The predicted octanol–water partition coefficient (Wildman–Crippen LogP) is 1.16. The Morgan fingerprint density at radius 2 is 1.65 bits per heavy atom.